The standard InChI is InChI=1S/C14H16N4OS/c1-17-10-6-13(16-17)18-9-2-3-12(14(18)19)20-11-4-7-15-8-5-11/h4-8,10,12H,2-3,9H2,1H3. The maximum atomic E-state index is 12.6. The van der Waals surface area contributed by atoms with Crippen LogP contribution in [-0.4, -0.2) is 32.5 Å². The lowest BCUT2D eigenvalue weighted by Crippen LogP contribution is -2.43. The molecule has 2 aromatic heterocycles. The molecule has 1 saturated heterocycles. The molecule has 20 heavy (non-hydrogen) atoms. The maximum absolute atomic E-state index is 12.6. The number of carbonyl (C=O) groups is 1. The number of hydrogen-bond donors (Lipinski definition) is 0. The molecule has 0 N–H and O–H groups in total. The van der Waals surface area contributed by atoms with Crippen LogP contribution in [0.3, 0.4) is 0 Å². The van der Waals surface area contributed by atoms with Crippen LogP contribution >= 0.6 is 11.8 Å². The van der Waals surface area contributed by atoms with Gasteiger partial charge in [-0.15, -0.1) is 11.8 Å². The molecule has 1 fully saturated rings. The summed E-state index contributed by atoms with van der Waals surface area (Å²) in [6.07, 6.45) is 7.29. The Morgan fingerprint density at radius 2 is 2.10 bits per heavy atom. The second-order valence-electron chi connectivity index (χ2n) is 4.77. The third kappa shape index (κ3) is 2.70. The number of aryl methyl sites for hydroxylation is 1. The van der Waals surface area contributed by atoms with Crippen LogP contribution in [0, 0.1) is 0 Å². The normalized spacial score (nSPS) is 19.4. The molecular formula is C14H16N4OS. The fourth-order valence-corrected chi connectivity index (χ4v) is 3.43. The van der Waals surface area contributed by atoms with Crippen LogP contribution in [0.4, 0.5) is 5.82 Å². The number of pyridine rings is 1. The Kier molecular flexibility index (Phi) is 3.73. The van der Waals surface area contributed by atoms with E-state index in [-0.39, 0.29) is 11.2 Å². The number of thioether (sulfide) groups is 1. The molecule has 2 aromatic rings. The smallest absolute Gasteiger partial charge is 0.241 e. The molecule has 0 spiro atoms. The summed E-state index contributed by atoms with van der Waals surface area (Å²) < 4.78 is 1.72. The van der Waals surface area contributed by atoms with Gasteiger partial charge in [-0.2, -0.15) is 5.10 Å². The van der Waals surface area contributed by atoms with Gasteiger partial charge >= 0.3 is 0 Å². The van der Waals surface area contributed by atoms with Crippen LogP contribution < -0.4 is 4.90 Å². The van der Waals surface area contributed by atoms with Gasteiger partial charge < -0.3 is 0 Å². The van der Waals surface area contributed by atoms with E-state index in [0.717, 1.165) is 30.1 Å². The summed E-state index contributed by atoms with van der Waals surface area (Å²) in [5.74, 6) is 0.897. The zero-order valence-electron chi connectivity index (χ0n) is 11.3. The average Bonchev–Trinajstić information content (AvgIpc) is 2.89. The van der Waals surface area contributed by atoms with Gasteiger partial charge in [0.15, 0.2) is 5.82 Å². The molecule has 0 bridgehead atoms. The molecule has 0 aliphatic carbocycles. The minimum absolute atomic E-state index is 0.0341. The molecule has 3 heterocycles. The van der Waals surface area contributed by atoms with E-state index in [4.69, 9.17) is 0 Å². The number of piperidine rings is 1. The first kappa shape index (κ1) is 13.2. The summed E-state index contributed by atoms with van der Waals surface area (Å²) in [4.78, 5) is 19.5. The van der Waals surface area contributed by atoms with Gasteiger partial charge in [0.25, 0.3) is 0 Å². The third-order valence-electron chi connectivity index (χ3n) is 3.29. The van der Waals surface area contributed by atoms with Crippen molar-refractivity contribution in [2.45, 2.75) is 23.0 Å². The van der Waals surface area contributed by atoms with E-state index in [0.29, 0.717) is 0 Å². The van der Waals surface area contributed by atoms with Crippen molar-refractivity contribution in [2.75, 3.05) is 11.4 Å². The number of aromatic nitrogens is 3. The van der Waals surface area contributed by atoms with E-state index in [1.54, 1.807) is 33.7 Å². The molecule has 1 amide bonds. The van der Waals surface area contributed by atoms with Crippen LogP contribution in [0.1, 0.15) is 12.8 Å². The number of hydrogen-bond acceptors (Lipinski definition) is 4. The van der Waals surface area contributed by atoms with Crippen LogP contribution in [0.25, 0.3) is 0 Å². The maximum Gasteiger partial charge on any atom is 0.241 e. The largest absolute Gasteiger partial charge is 0.294 e. The Balaban J connectivity index is 1.75. The van der Waals surface area contributed by atoms with Crippen molar-refractivity contribution in [1.29, 1.82) is 0 Å². The molecular weight excluding hydrogens is 272 g/mol. The van der Waals surface area contributed by atoms with Gasteiger partial charge in [-0.05, 0) is 25.0 Å². The predicted octanol–water partition coefficient (Wildman–Crippen LogP) is 2.10. The van der Waals surface area contributed by atoms with Crippen molar-refractivity contribution in [3.63, 3.8) is 0 Å². The van der Waals surface area contributed by atoms with Crippen molar-refractivity contribution < 1.29 is 4.79 Å². The van der Waals surface area contributed by atoms with E-state index in [1.165, 1.54) is 0 Å². The molecule has 0 saturated carbocycles. The lowest BCUT2D eigenvalue weighted by Gasteiger charge is -2.30. The number of amides is 1. The van der Waals surface area contributed by atoms with Gasteiger partial charge in [-0.3, -0.25) is 19.4 Å². The first-order valence-corrected chi connectivity index (χ1v) is 7.50. The highest BCUT2D eigenvalue weighted by molar-refractivity contribution is 8.00. The Bertz CT molecular complexity index is 598. The molecule has 1 atom stereocenters. The zero-order chi connectivity index (χ0) is 13.9. The Hall–Kier alpha value is -1.82. The lowest BCUT2D eigenvalue weighted by atomic mass is 10.1. The molecule has 6 heteroatoms. The van der Waals surface area contributed by atoms with Gasteiger partial charge in [0.1, 0.15) is 0 Å². The second kappa shape index (κ2) is 5.66. The van der Waals surface area contributed by atoms with E-state index >= 15 is 0 Å². The van der Waals surface area contributed by atoms with Gasteiger partial charge in [0, 0.05) is 43.1 Å². The summed E-state index contributed by atoms with van der Waals surface area (Å²) in [5.41, 5.74) is 0. The molecule has 1 aliphatic heterocycles. The van der Waals surface area contributed by atoms with Crippen molar-refractivity contribution in [3.05, 3.63) is 36.8 Å². The second-order valence-corrected chi connectivity index (χ2v) is 6.05. The summed E-state index contributed by atoms with van der Waals surface area (Å²) in [6, 6.07) is 5.77. The summed E-state index contributed by atoms with van der Waals surface area (Å²) in [7, 11) is 1.86. The predicted molar refractivity (Wildman–Crippen MR) is 78.7 cm³/mol. The monoisotopic (exact) mass is 288 g/mol. The van der Waals surface area contributed by atoms with Crippen LogP contribution in [0.2, 0.25) is 0 Å². The molecule has 5 nitrogen and oxygen atoms in total. The molecule has 3 rings (SSSR count). The highest BCUT2D eigenvalue weighted by Crippen LogP contribution is 2.31. The average molecular weight is 288 g/mol. The molecule has 0 radical (unpaired) electrons. The zero-order valence-corrected chi connectivity index (χ0v) is 12.1. The van der Waals surface area contributed by atoms with Crippen molar-refractivity contribution >= 4 is 23.5 Å². The number of carbonyl (C=O) groups excluding carboxylic acids is 1. The SMILES string of the molecule is Cn1ccc(N2CCCC(Sc3ccncc3)C2=O)n1. The van der Waals surface area contributed by atoms with Gasteiger partial charge in [-0.25, -0.2) is 0 Å². The molecule has 1 unspecified atom stereocenters. The first-order chi connectivity index (χ1) is 9.74. The molecule has 1 aliphatic rings. The van der Waals surface area contributed by atoms with Crippen molar-refractivity contribution in [2.24, 2.45) is 7.05 Å². The van der Waals surface area contributed by atoms with E-state index < -0.39 is 0 Å². The summed E-state index contributed by atoms with van der Waals surface area (Å²) in [6.45, 7) is 0.753. The highest BCUT2D eigenvalue weighted by Gasteiger charge is 2.31. The minimum atomic E-state index is -0.0341. The van der Waals surface area contributed by atoms with Crippen molar-refractivity contribution in [1.82, 2.24) is 14.8 Å². The van der Waals surface area contributed by atoms with E-state index in [9.17, 15) is 4.79 Å². The molecule has 104 valence electrons. The Morgan fingerprint density at radius 3 is 2.80 bits per heavy atom. The minimum Gasteiger partial charge on any atom is -0.294 e. The van der Waals surface area contributed by atoms with Crippen LogP contribution in [-0.2, 0) is 11.8 Å². The Morgan fingerprint density at radius 1 is 1.30 bits per heavy atom. The number of rotatable bonds is 3. The summed E-state index contributed by atoms with van der Waals surface area (Å²) in [5, 5.41) is 4.29. The van der Waals surface area contributed by atoms with Gasteiger partial charge in [-0.1, -0.05) is 0 Å². The quantitative estimate of drug-likeness (QED) is 0.868. The third-order valence-corrected chi connectivity index (χ3v) is 4.56. The van der Waals surface area contributed by atoms with Crippen LogP contribution in [0.15, 0.2) is 41.7 Å². The van der Waals surface area contributed by atoms with E-state index in [1.807, 2.05) is 31.4 Å². The lowest BCUT2D eigenvalue weighted by molar-refractivity contribution is -0.119. The first-order valence-electron chi connectivity index (χ1n) is 6.62. The van der Waals surface area contributed by atoms with E-state index in [2.05, 4.69) is 10.1 Å². The van der Waals surface area contributed by atoms with Crippen molar-refractivity contribution in [3.8, 4) is 0 Å². The topological polar surface area (TPSA) is 51.0 Å². The Labute approximate surface area is 122 Å². The van der Waals surface area contributed by atoms with Gasteiger partial charge in [0.05, 0.1) is 5.25 Å². The number of nitrogens with zero attached hydrogens (tertiary/aromatic N) is 4. The highest BCUT2D eigenvalue weighted by atomic mass is 32.2. The summed E-state index contributed by atoms with van der Waals surface area (Å²) >= 11 is 1.61. The fraction of sp³-hybridized carbons (Fsp3) is 0.357. The number of anilines is 1. The molecule has 0 aromatic carbocycles. The fourth-order valence-electron chi connectivity index (χ4n) is 2.31. The van der Waals surface area contributed by atoms with Crippen LogP contribution in [0.5, 0.6) is 0 Å². The van der Waals surface area contributed by atoms with Gasteiger partial charge in [0.2, 0.25) is 5.91 Å².